The molecule has 0 saturated carbocycles. The Labute approximate surface area is 121 Å². The third-order valence-corrected chi connectivity index (χ3v) is 3.09. The zero-order chi connectivity index (χ0) is 13.1. The molecule has 1 heterocycles. The van der Waals surface area contributed by atoms with Crippen LogP contribution in [0.2, 0.25) is 0 Å². The molecule has 4 nitrogen and oxygen atoms in total. The van der Waals surface area contributed by atoms with E-state index in [1.54, 1.807) is 0 Å². The summed E-state index contributed by atoms with van der Waals surface area (Å²) in [6.45, 7) is 0.893. The second-order valence-corrected chi connectivity index (χ2v) is 5.06. The fourth-order valence-electron chi connectivity index (χ4n) is 2.26. The van der Waals surface area contributed by atoms with Crippen molar-refractivity contribution in [2.75, 3.05) is 48.8 Å². The Morgan fingerprint density at radius 2 is 1.56 bits per heavy atom. The molecule has 0 aliphatic heterocycles. The molecule has 0 amide bonds. The molecule has 0 aromatic carbocycles. The van der Waals surface area contributed by atoms with E-state index in [9.17, 15) is 0 Å². The van der Waals surface area contributed by atoms with Gasteiger partial charge in [0.15, 0.2) is 0 Å². The molecule has 0 bridgehead atoms. The van der Waals surface area contributed by atoms with Gasteiger partial charge < -0.3 is 4.90 Å². The van der Waals surface area contributed by atoms with E-state index < -0.39 is 0 Å². The summed E-state index contributed by atoms with van der Waals surface area (Å²) < 4.78 is 0. The monoisotopic (exact) mass is 294 g/mol. The minimum atomic E-state index is -0.204. The first-order valence-electron chi connectivity index (χ1n) is 5.82. The second kappa shape index (κ2) is 7.20. The van der Waals surface area contributed by atoms with Crippen LogP contribution in [0.25, 0.3) is 0 Å². The minimum Gasteiger partial charge on any atom is -0.306 e. The second-order valence-electron chi connectivity index (χ2n) is 5.06. The number of rotatable bonds is 5. The molecule has 1 aromatic heterocycles. The van der Waals surface area contributed by atoms with E-state index in [-0.39, 0.29) is 22.2 Å². The van der Waals surface area contributed by atoms with Gasteiger partial charge in [-0.1, -0.05) is 6.07 Å². The first kappa shape index (κ1) is 17.5. The summed E-state index contributed by atoms with van der Waals surface area (Å²) >= 11 is 0. The Balaban J connectivity index is 0.00000289. The predicted molar refractivity (Wildman–Crippen MR) is 71.8 cm³/mol. The maximum Gasteiger partial charge on any atom is 0.129 e. The van der Waals surface area contributed by atoms with Gasteiger partial charge in [0.1, 0.15) is 5.66 Å². The van der Waals surface area contributed by atoms with Crippen molar-refractivity contribution >= 4 is 0 Å². The molecule has 1 aromatic rings. The Morgan fingerprint density at radius 3 is 1.89 bits per heavy atom. The van der Waals surface area contributed by atoms with Gasteiger partial charge in [0.2, 0.25) is 0 Å². The third kappa shape index (κ3) is 3.51. The smallest absolute Gasteiger partial charge is 0.129 e. The van der Waals surface area contributed by atoms with Crippen LogP contribution >= 0.6 is 0 Å². The Hall–Kier alpha value is -0.476. The molecular formula is C13H24N4Ni. The van der Waals surface area contributed by atoms with Gasteiger partial charge in [0.05, 0.1) is 5.69 Å². The predicted octanol–water partition coefficient (Wildman–Crippen LogP) is 0.917. The number of pyridine rings is 1. The normalized spacial score (nSPS) is 12.1. The topological polar surface area (TPSA) is 22.6 Å². The summed E-state index contributed by atoms with van der Waals surface area (Å²) in [6.07, 6.45) is 1.85. The Morgan fingerprint density at radius 1 is 1.00 bits per heavy atom. The molecule has 0 atom stereocenters. The van der Waals surface area contributed by atoms with Gasteiger partial charge in [-0.15, -0.1) is 0 Å². The average molecular weight is 295 g/mol. The Bertz CT molecular complexity index is 330. The van der Waals surface area contributed by atoms with Crippen molar-refractivity contribution in [3.63, 3.8) is 0 Å². The number of hydrogen-bond donors (Lipinski definition) is 0. The van der Waals surface area contributed by atoms with Gasteiger partial charge in [0.25, 0.3) is 0 Å². The van der Waals surface area contributed by atoms with E-state index in [1.807, 2.05) is 18.3 Å². The largest absolute Gasteiger partial charge is 0.306 e. The zero-order valence-electron chi connectivity index (χ0n) is 12.1. The van der Waals surface area contributed by atoms with E-state index in [2.05, 4.69) is 68.0 Å². The summed E-state index contributed by atoms with van der Waals surface area (Å²) in [6, 6.07) is 6.08. The van der Waals surface area contributed by atoms with Crippen molar-refractivity contribution in [3.05, 3.63) is 30.1 Å². The fourth-order valence-corrected chi connectivity index (χ4v) is 2.26. The molecule has 0 unspecified atom stereocenters. The summed E-state index contributed by atoms with van der Waals surface area (Å²) in [7, 11) is 12.6. The van der Waals surface area contributed by atoms with Gasteiger partial charge in [-0.05, 0) is 54.4 Å². The van der Waals surface area contributed by atoms with Crippen LogP contribution in [0.1, 0.15) is 5.69 Å². The summed E-state index contributed by atoms with van der Waals surface area (Å²) in [5.41, 5.74) is 0.869. The van der Waals surface area contributed by atoms with E-state index >= 15 is 0 Å². The maximum atomic E-state index is 4.54. The van der Waals surface area contributed by atoms with Gasteiger partial charge in [0, 0.05) is 29.2 Å². The molecule has 0 radical (unpaired) electrons. The van der Waals surface area contributed by atoms with E-state index in [1.165, 1.54) is 0 Å². The number of hydrogen-bond acceptors (Lipinski definition) is 4. The molecule has 18 heavy (non-hydrogen) atoms. The van der Waals surface area contributed by atoms with Crippen molar-refractivity contribution in [3.8, 4) is 0 Å². The number of likely N-dealkylation sites (N-methyl/N-ethyl adjacent to an activating group) is 3. The molecule has 0 aliphatic rings. The molecule has 0 spiro atoms. The SMILES string of the molecule is CN(C)CC(c1ccccn1)(N(C)C)N(C)C.[Ni]. The van der Waals surface area contributed by atoms with Crippen molar-refractivity contribution in [2.24, 2.45) is 0 Å². The molecule has 0 aliphatic carbocycles. The number of aromatic nitrogens is 1. The molecule has 5 heteroatoms. The van der Waals surface area contributed by atoms with Gasteiger partial charge in [-0.2, -0.15) is 0 Å². The first-order valence-corrected chi connectivity index (χ1v) is 5.82. The van der Waals surface area contributed by atoms with Gasteiger partial charge >= 0.3 is 0 Å². The molecule has 1 rings (SSSR count). The fraction of sp³-hybridized carbons (Fsp3) is 0.615. The summed E-state index contributed by atoms with van der Waals surface area (Å²) in [5, 5.41) is 0. The number of nitrogens with zero attached hydrogens (tertiary/aromatic N) is 4. The van der Waals surface area contributed by atoms with Crippen LogP contribution in [0.4, 0.5) is 0 Å². The van der Waals surface area contributed by atoms with E-state index in [4.69, 9.17) is 0 Å². The summed E-state index contributed by atoms with van der Waals surface area (Å²) in [5.74, 6) is 0. The molecular weight excluding hydrogens is 271 g/mol. The van der Waals surface area contributed by atoms with Crippen molar-refractivity contribution < 1.29 is 16.5 Å². The molecule has 0 saturated heterocycles. The summed E-state index contributed by atoms with van der Waals surface area (Å²) in [4.78, 5) is 11.2. The van der Waals surface area contributed by atoms with Crippen molar-refractivity contribution in [1.82, 2.24) is 19.7 Å². The van der Waals surface area contributed by atoms with Crippen molar-refractivity contribution in [1.29, 1.82) is 0 Å². The van der Waals surface area contributed by atoms with Crippen LogP contribution in [-0.2, 0) is 22.2 Å². The van der Waals surface area contributed by atoms with Crippen LogP contribution in [-0.4, -0.2) is 68.5 Å². The molecule has 0 fully saturated rings. The molecule has 0 N–H and O–H groups in total. The Kier molecular flexibility index (Phi) is 7.01. The average Bonchev–Trinajstić information content (AvgIpc) is 2.25. The van der Waals surface area contributed by atoms with Crippen LogP contribution in [0.3, 0.4) is 0 Å². The van der Waals surface area contributed by atoms with Gasteiger partial charge in [-0.25, -0.2) is 0 Å². The van der Waals surface area contributed by atoms with E-state index in [0.717, 1.165) is 12.2 Å². The quantitative estimate of drug-likeness (QED) is 0.595. The van der Waals surface area contributed by atoms with E-state index in [0.29, 0.717) is 0 Å². The van der Waals surface area contributed by atoms with Gasteiger partial charge in [-0.3, -0.25) is 14.8 Å². The first-order chi connectivity index (χ1) is 7.91. The van der Waals surface area contributed by atoms with Crippen LogP contribution < -0.4 is 0 Å². The minimum absolute atomic E-state index is 0. The zero-order valence-corrected chi connectivity index (χ0v) is 13.1. The van der Waals surface area contributed by atoms with Crippen LogP contribution in [0, 0.1) is 0 Å². The van der Waals surface area contributed by atoms with Crippen LogP contribution in [0.15, 0.2) is 24.4 Å². The molecule has 106 valence electrons. The van der Waals surface area contributed by atoms with Crippen LogP contribution in [0.5, 0.6) is 0 Å². The standard InChI is InChI=1S/C13H24N4.Ni/c1-15(2)11-13(16(3)4,17(5)6)12-9-7-8-10-14-12;/h7-10H,11H2,1-6H3;. The maximum absolute atomic E-state index is 4.54. The van der Waals surface area contributed by atoms with Crippen molar-refractivity contribution in [2.45, 2.75) is 5.66 Å². The third-order valence-electron chi connectivity index (χ3n) is 3.09.